The molecule has 0 aliphatic carbocycles. The molecule has 0 saturated heterocycles. The van der Waals surface area contributed by atoms with Crippen molar-refractivity contribution in [3.05, 3.63) is 90.0 Å². The number of aryl methyl sites for hydroxylation is 1. The van der Waals surface area contributed by atoms with Crippen molar-refractivity contribution >= 4 is 12.2 Å². The summed E-state index contributed by atoms with van der Waals surface area (Å²) < 4.78 is 4.56. The smallest absolute Gasteiger partial charge is 0.237 e. The first-order valence-electron chi connectivity index (χ1n) is 9.70. The third-order valence-corrected chi connectivity index (χ3v) is 4.63. The average Bonchev–Trinajstić information content (AvgIpc) is 3.13. The maximum absolute atomic E-state index is 2.30. The summed E-state index contributed by atoms with van der Waals surface area (Å²) in [7, 11) is 0. The Balaban J connectivity index is 1.53. The Morgan fingerprint density at radius 2 is 1.58 bits per heavy atom. The Labute approximate surface area is 157 Å². The first-order chi connectivity index (χ1) is 12.8. The van der Waals surface area contributed by atoms with Gasteiger partial charge in [-0.25, -0.2) is 9.13 Å². The lowest BCUT2D eigenvalue weighted by atomic mass is 10.1. The van der Waals surface area contributed by atoms with Crippen LogP contribution in [0.15, 0.2) is 73.3 Å². The van der Waals surface area contributed by atoms with Crippen molar-refractivity contribution < 1.29 is 4.57 Å². The van der Waals surface area contributed by atoms with Gasteiger partial charge in [0.25, 0.3) is 0 Å². The summed E-state index contributed by atoms with van der Waals surface area (Å²) in [5, 5.41) is 0. The first kappa shape index (κ1) is 18.2. The van der Waals surface area contributed by atoms with Crippen molar-refractivity contribution in [2.75, 3.05) is 0 Å². The predicted molar refractivity (Wildman–Crippen MR) is 110 cm³/mol. The van der Waals surface area contributed by atoms with Crippen molar-refractivity contribution in [1.82, 2.24) is 4.57 Å². The molecule has 0 radical (unpaired) electrons. The third kappa shape index (κ3) is 5.73. The highest BCUT2D eigenvalue weighted by atomic mass is 15.1. The van der Waals surface area contributed by atoms with E-state index >= 15 is 0 Å². The van der Waals surface area contributed by atoms with E-state index in [9.17, 15) is 0 Å². The van der Waals surface area contributed by atoms with E-state index in [1.54, 1.807) is 0 Å². The molecule has 3 aromatic rings. The van der Waals surface area contributed by atoms with E-state index in [4.69, 9.17) is 0 Å². The summed E-state index contributed by atoms with van der Waals surface area (Å²) in [6.07, 6.45) is 16.1. The van der Waals surface area contributed by atoms with Gasteiger partial charge in [-0.1, -0.05) is 86.5 Å². The van der Waals surface area contributed by atoms with Crippen LogP contribution in [0.25, 0.3) is 12.2 Å². The molecule has 134 valence electrons. The number of nitrogens with zero attached hydrogens (tertiary/aromatic N) is 2. The fraction of sp³-hybridized carbons (Fsp3) is 0.292. The predicted octanol–water partition coefficient (Wildman–Crippen LogP) is 5.57. The number of rotatable bonds is 9. The highest BCUT2D eigenvalue weighted by Crippen LogP contribution is 2.10. The third-order valence-electron chi connectivity index (χ3n) is 4.63. The molecule has 0 aliphatic heterocycles. The summed E-state index contributed by atoms with van der Waals surface area (Å²) in [6.45, 7) is 4.30. The largest absolute Gasteiger partial charge is 0.244 e. The van der Waals surface area contributed by atoms with Crippen LogP contribution in [0.5, 0.6) is 0 Å². The van der Waals surface area contributed by atoms with Crippen molar-refractivity contribution in [2.45, 2.75) is 45.7 Å². The molecule has 26 heavy (non-hydrogen) atoms. The van der Waals surface area contributed by atoms with Crippen molar-refractivity contribution in [3.63, 3.8) is 0 Å². The lowest BCUT2D eigenvalue weighted by Crippen LogP contribution is -2.31. The van der Waals surface area contributed by atoms with Crippen molar-refractivity contribution in [3.8, 4) is 0 Å². The molecule has 0 atom stereocenters. The normalized spacial score (nSPS) is 11.3. The van der Waals surface area contributed by atoms with Gasteiger partial charge in [0.15, 0.2) is 0 Å². The van der Waals surface area contributed by atoms with E-state index in [1.165, 1.54) is 42.4 Å². The van der Waals surface area contributed by atoms with Crippen molar-refractivity contribution in [1.29, 1.82) is 0 Å². The van der Waals surface area contributed by atoms with Gasteiger partial charge in [0.05, 0.1) is 6.54 Å². The van der Waals surface area contributed by atoms with Crippen LogP contribution >= 0.6 is 0 Å². The molecule has 1 heterocycles. The van der Waals surface area contributed by atoms with Crippen LogP contribution in [0.4, 0.5) is 0 Å². The SMILES string of the molecule is CCCCCCn1cc[n+](Cc2ccc(/C=C/c3ccccc3)cc2)c1. The molecular formula is C24H29N2+. The zero-order valence-electron chi connectivity index (χ0n) is 15.7. The Bertz CT molecular complexity index is 798. The molecule has 0 unspecified atom stereocenters. The van der Waals surface area contributed by atoms with Crippen LogP contribution in [-0.2, 0) is 13.1 Å². The molecule has 0 spiro atoms. The molecule has 0 aliphatic rings. The van der Waals surface area contributed by atoms with Gasteiger partial charge in [0.2, 0.25) is 6.33 Å². The minimum absolute atomic E-state index is 0.921. The molecular weight excluding hydrogens is 316 g/mol. The van der Waals surface area contributed by atoms with Crippen LogP contribution in [0.3, 0.4) is 0 Å². The van der Waals surface area contributed by atoms with Gasteiger partial charge in [0.1, 0.15) is 18.9 Å². The number of hydrogen-bond acceptors (Lipinski definition) is 0. The van der Waals surface area contributed by atoms with E-state index in [0.717, 1.165) is 13.1 Å². The number of aromatic nitrogens is 2. The molecule has 3 rings (SSSR count). The Kier molecular flexibility index (Phi) is 6.83. The van der Waals surface area contributed by atoms with Gasteiger partial charge < -0.3 is 0 Å². The van der Waals surface area contributed by atoms with E-state index < -0.39 is 0 Å². The molecule has 0 bridgehead atoms. The van der Waals surface area contributed by atoms with Crippen molar-refractivity contribution in [2.24, 2.45) is 0 Å². The monoisotopic (exact) mass is 345 g/mol. The van der Waals surface area contributed by atoms with E-state index in [-0.39, 0.29) is 0 Å². The standard InChI is InChI=1S/C24H29N2/c1-2-3-4-8-17-25-18-19-26(21-25)20-24-15-13-23(14-16-24)12-11-22-9-6-5-7-10-22/h5-7,9-16,18-19,21H,2-4,8,17,20H2,1H3/q+1/b12-11+. The number of hydrogen-bond donors (Lipinski definition) is 0. The van der Waals surface area contributed by atoms with Gasteiger partial charge in [0, 0.05) is 0 Å². The van der Waals surface area contributed by atoms with E-state index in [1.807, 2.05) is 6.07 Å². The topological polar surface area (TPSA) is 8.81 Å². The Morgan fingerprint density at radius 3 is 2.31 bits per heavy atom. The van der Waals surface area contributed by atoms with Crippen LogP contribution < -0.4 is 4.57 Å². The maximum atomic E-state index is 2.30. The van der Waals surface area contributed by atoms with Crippen LogP contribution in [0.2, 0.25) is 0 Å². The number of unbranched alkanes of at least 4 members (excludes halogenated alkanes) is 3. The van der Waals surface area contributed by atoms with Gasteiger partial charge in [-0.15, -0.1) is 0 Å². The molecule has 2 heteroatoms. The zero-order valence-corrected chi connectivity index (χ0v) is 15.7. The molecule has 0 N–H and O–H groups in total. The molecule has 2 aromatic carbocycles. The fourth-order valence-corrected chi connectivity index (χ4v) is 3.09. The minimum Gasteiger partial charge on any atom is -0.237 e. The Morgan fingerprint density at radius 1 is 0.846 bits per heavy atom. The summed E-state index contributed by atoms with van der Waals surface area (Å²) in [4.78, 5) is 0. The minimum atomic E-state index is 0.921. The Hall–Kier alpha value is -2.61. The lowest BCUT2D eigenvalue weighted by molar-refractivity contribution is -0.687. The van der Waals surface area contributed by atoms with Gasteiger partial charge in [-0.3, -0.25) is 0 Å². The highest BCUT2D eigenvalue weighted by molar-refractivity contribution is 5.69. The summed E-state index contributed by atoms with van der Waals surface area (Å²) >= 11 is 0. The second-order valence-electron chi connectivity index (χ2n) is 6.87. The highest BCUT2D eigenvalue weighted by Gasteiger charge is 2.04. The number of imidazole rings is 1. The van der Waals surface area contributed by atoms with Crippen LogP contribution in [-0.4, -0.2) is 4.57 Å². The fourth-order valence-electron chi connectivity index (χ4n) is 3.09. The van der Waals surface area contributed by atoms with Gasteiger partial charge >= 0.3 is 0 Å². The summed E-state index contributed by atoms with van der Waals surface area (Å²) in [5.41, 5.74) is 3.79. The number of benzene rings is 2. The van der Waals surface area contributed by atoms with Crippen LogP contribution in [0.1, 0.15) is 49.3 Å². The maximum Gasteiger partial charge on any atom is 0.244 e. The summed E-state index contributed by atoms with van der Waals surface area (Å²) in [5.74, 6) is 0. The van der Waals surface area contributed by atoms with E-state index in [0.29, 0.717) is 0 Å². The molecule has 1 aromatic heterocycles. The van der Waals surface area contributed by atoms with E-state index in [2.05, 4.69) is 95.5 Å². The second kappa shape index (κ2) is 9.76. The second-order valence-corrected chi connectivity index (χ2v) is 6.87. The van der Waals surface area contributed by atoms with Gasteiger partial charge in [-0.05, 0) is 29.5 Å². The lowest BCUT2D eigenvalue weighted by Gasteiger charge is -2.00. The molecule has 0 amide bonds. The quantitative estimate of drug-likeness (QED) is 0.272. The van der Waals surface area contributed by atoms with Crippen LogP contribution in [0, 0.1) is 0 Å². The first-order valence-corrected chi connectivity index (χ1v) is 9.70. The zero-order chi connectivity index (χ0) is 18.0. The average molecular weight is 346 g/mol. The molecule has 0 fully saturated rings. The summed E-state index contributed by atoms with van der Waals surface area (Å²) in [6, 6.07) is 19.2. The van der Waals surface area contributed by atoms with Gasteiger partial charge in [-0.2, -0.15) is 0 Å². The molecule has 0 saturated carbocycles. The molecule has 2 nitrogen and oxygen atoms in total.